The van der Waals surface area contributed by atoms with Gasteiger partial charge < -0.3 is 19.3 Å². The van der Waals surface area contributed by atoms with Gasteiger partial charge in [0.15, 0.2) is 17.1 Å². The normalized spacial score (nSPS) is 12.1. The maximum Gasteiger partial charge on any atom is 0.324 e. The number of methoxy groups -OCH3 is 2. The number of anilines is 2. The molecular formula is C26H29N7O4S. The molecule has 0 atom stereocenters. The quantitative estimate of drug-likeness (QED) is 0.250. The summed E-state index contributed by atoms with van der Waals surface area (Å²) >= 11 is 1.51. The fourth-order valence-corrected chi connectivity index (χ4v) is 4.83. The van der Waals surface area contributed by atoms with Gasteiger partial charge in [0, 0.05) is 56.0 Å². The summed E-state index contributed by atoms with van der Waals surface area (Å²) in [5, 5.41) is 9.40. The van der Waals surface area contributed by atoms with Gasteiger partial charge in [-0.15, -0.1) is 0 Å². The number of fused-ring (bicyclic) bond motifs is 3. The highest BCUT2D eigenvalue weighted by Crippen LogP contribution is 2.29. The lowest BCUT2D eigenvalue weighted by Crippen LogP contribution is -2.19. The second kappa shape index (κ2) is 10.5. The van der Waals surface area contributed by atoms with E-state index in [1.54, 1.807) is 20.3 Å². The number of rotatable bonds is 8. The average molecular weight is 536 g/mol. The molecule has 0 aliphatic heterocycles. The average Bonchev–Trinajstić information content (AvgIpc) is 3.59. The van der Waals surface area contributed by atoms with E-state index >= 15 is 0 Å². The molecule has 4 aromatic heterocycles. The highest BCUT2D eigenvalue weighted by atomic mass is 32.1. The van der Waals surface area contributed by atoms with Crippen molar-refractivity contribution in [3.63, 3.8) is 0 Å². The number of hydrogen-bond donors (Lipinski definition) is 2. The van der Waals surface area contributed by atoms with Crippen molar-refractivity contribution in [1.29, 1.82) is 0 Å². The number of amides is 2. The zero-order valence-corrected chi connectivity index (χ0v) is 22.6. The SMILES string of the molecule is COC(CCc1ncc2c(n1)sc1nc(-c3ccc(NC(=O)Nc4cc(C(C)(C)C)on4)cc3)cn12)OC. The first-order valence-corrected chi connectivity index (χ1v) is 12.9. The van der Waals surface area contributed by atoms with Crippen LogP contribution in [0.2, 0.25) is 0 Å². The summed E-state index contributed by atoms with van der Waals surface area (Å²) in [4.78, 5) is 28.1. The molecule has 5 rings (SSSR count). The summed E-state index contributed by atoms with van der Waals surface area (Å²) in [6.45, 7) is 6.04. The van der Waals surface area contributed by atoms with Crippen molar-refractivity contribution in [3.8, 4) is 11.3 Å². The van der Waals surface area contributed by atoms with E-state index in [4.69, 9.17) is 19.0 Å². The summed E-state index contributed by atoms with van der Waals surface area (Å²) < 4.78 is 17.8. The Kier molecular flexibility index (Phi) is 7.11. The molecule has 12 heteroatoms. The number of carbonyl (C=O) groups excluding carboxylic acids is 1. The van der Waals surface area contributed by atoms with Crippen LogP contribution in [0.4, 0.5) is 16.3 Å². The Morgan fingerprint density at radius 1 is 1.13 bits per heavy atom. The van der Waals surface area contributed by atoms with Crippen LogP contribution >= 0.6 is 11.3 Å². The molecule has 2 N–H and O–H groups in total. The van der Waals surface area contributed by atoms with Crippen molar-refractivity contribution in [2.75, 3.05) is 24.9 Å². The number of aromatic nitrogens is 5. The summed E-state index contributed by atoms with van der Waals surface area (Å²) in [5.41, 5.74) is 3.09. The van der Waals surface area contributed by atoms with Gasteiger partial charge in [-0.3, -0.25) is 9.72 Å². The molecule has 0 aliphatic carbocycles. The van der Waals surface area contributed by atoms with Crippen molar-refractivity contribution in [1.82, 2.24) is 24.5 Å². The van der Waals surface area contributed by atoms with Crippen molar-refractivity contribution < 1.29 is 18.8 Å². The van der Waals surface area contributed by atoms with Gasteiger partial charge in [-0.2, -0.15) is 0 Å². The minimum atomic E-state index is -0.403. The molecule has 0 saturated heterocycles. The number of hydrogen-bond acceptors (Lipinski definition) is 9. The van der Waals surface area contributed by atoms with Gasteiger partial charge >= 0.3 is 6.03 Å². The van der Waals surface area contributed by atoms with Crippen molar-refractivity contribution >= 4 is 44.2 Å². The minimum Gasteiger partial charge on any atom is -0.359 e. The highest BCUT2D eigenvalue weighted by molar-refractivity contribution is 7.23. The van der Waals surface area contributed by atoms with Gasteiger partial charge in [0.1, 0.15) is 21.9 Å². The van der Waals surface area contributed by atoms with Gasteiger partial charge in [-0.1, -0.05) is 49.4 Å². The van der Waals surface area contributed by atoms with E-state index in [9.17, 15) is 4.79 Å². The molecular weight excluding hydrogens is 506 g/mol. The van der Waals surface area contributed by atoms with E-state index in [1.165, 1.54) is 11.3 Å². The molecule has 1 aromatic carbocycles. The first kappa shape index (κ1) is 25.8. The lowest BCUT2D eigenvalue weighted by Gasteiger charge is -2.12. The summed E-state index contributed by atoms with van der Waals surface area (Å²) in [6, 6.07) is 8.79. The first-order chi connectivity index (χ1) is 18.2. The van der Waals surface area contributed by atoms with E-state index in [-0.39, 0.29) is 11.7 Å². The van der Waals surface area contributed by atoms with Gasteiger partial charge in [-0.25, -0.2) is 19.7 Å². The number of imidazole rings is 1. The molecule has 0 fully saturated rings. The molecule has 2 amide bonds. The van der Waals surface area contributed by atoms with Gasteiger partial charge in [0.05, 0.1) is 11.9 Å². The lowest BCUT2D eigenvalue weighted by molar-refractivity contribution is -0.106. The van der Waals surface area contributed by atoms with Crippen LogP contribution < -0.4 is 10.6 Å². The molecule has 0 saturated carbocycles. The summed E-state index contributed by atoms with van der Waals surface area (Å²) in [5.74, 6) is 1.80. The third-order valence-electron chi connectivity index (χ3n) is 5.97. The van der Waals surface area contributed by atoms with Crippen molar-refractivity contribution in [2.45, 2.75) is 45.3 Å². The zero-order chi connectivity index (χ0) is 26.9. The number of urea groups is 1. The van der Waals surface area contributed by atoms with Crippen LogP contribution in [0.1, 0.15) is 38.8 Å². The molecule has 0 unspecified atom stereocenters. The second-order valence-electron chi connectivity index (χ2n) is 9.78. The Bertz CT molecular complexity index is 1560. The fourth-order valence-electron chi connectivity index (χ4n) is 3.86. The van der Waals surface area contributed by atoms with E-state index < -0.39 is 6.03 Å². The first-order valence-electron chi connectivity index (χ1n) is 12.1. The summed E-state index contributed by atoms with van der Waals surface area (Å²) in [6.07, 6.45) is 4.85. The standard InChI is InChI=1S/C26H29N7O4S/c1-26(2,3)19-12-21(32-37-19)31-24(34)28-16-8-6-15(7-9-16)17-14-33-18-13-27-20(10-11-22(35-4)36-5)30-23(18)38-25(33)29-17/h6-9,12-14,22H,10-11H2,1-5H3,(H2,28,31,32,34). The van der Waals surface area contributed by atoms with E-state index in [2.05, 4.69) is 25.8 Å². The van der Waals surface area contributed by atoms with Gasteiger partial charge in [-0.05, 0) is 12.1 Å². The van der Waals surface area contributed by atoms with Crippen LogP contribution in [-0.2, 0) is 21.3 Å². The van der Waals surface area contributed by atoms with Crippen LogP contribution in [0.5, 0.6) is 0 Å². The molecule has 198 valence electrons. The molecule has 0 spiro atoms. The third-order valence-corrected chi connectivity index (χ3v) is 6.93. The maximum atomic E-state index is 12.4. The Morgan fingerprint density at radius 2 is 1.89 bits per heavy atom. The molecule has 5 aromatic rings. The molecule has 11 nitrogen and oxygen atoms in total. The van der Waals surface area contributed by atoms with Gasteiger partial charge in [0.25, 0.3) is 0 Å². The Hall–Kier alpha value is -3.87. The van der Waals surface area contributed by atoms with Crippen LogP contribution in [0.25, 0.3) is 26.6 Å². The predicted octanol–water partition coefficient (Wildman–Crippen LogP) is 5.49. The number of ether oxygens (including phenoxy) is 2. The lowest BCUT2D eigenvalue weighted by atomic mass is 9.93. The number of benzene rings is 1. The predicted molar refractivity (Wildman–Crippen MR) is 146 cm³/mol. The van der Waals surface area contributed by atoms with E-state index in [1.807, 2.05) is 61.8 Å². The smallest absolute Gasteiger partial charge is 0.324 e. The Labute approximate surface area is 223 Å². The number of nitrogens with zero attached hydrogens (tertiary/aromatic N) is 5. The van der Waals surface area contributed by atoms with E-state index in [0.717, 1.165) is 32.4 Å². The van der Waals surface area contributed by atoms with Crippen LogP contribution in [0.3, 0.4) is 0 Å². The summed E-state index contributed by atoms with van der Waals surface area (Å²) in [7, 11) is 3.24. The van der Waals surface area contributed by atoms with Crippen LogP contribution in [0, 0.1) is 0 Å². The van der Waals surface area contributed by atoms with Crippen LogP contribution in [0.15, 0.2) is 47.2 Å². The largest absolute Gasteiger partial charge is 0.359 e. The number of carbonyl (C=O) groups is 1. The molecule has 0 radical (unpaired) electrons. The topological polar surface area (TPSA) is 129 Å². The Balaban J connectivity index is 1.25. The number of thiazole rings is 1. The third kappa shape index (κ3) is 5.52. The van der Waals surface area contributed by atoms with Crippen LogP contribution in [-0.4, -0.2) is 51.1 Å². The maximum absolute atomic E-state index is 12.4. The molecule has 0 bridgehead atoms. The number of aryl methyl sites for hydroxylation is 1. The molecule has 38 heavy (non-hydrogen) atoms. The van der Waals surface area contributed by atoms with Crippen molar-refractivity contribution in [3.05, 3.63) is 54.3 Å². The van der Waals surface area contributed by atoms with Crippen molar-refractivity contribution in [2.24, 2.45) is 0 Å². The fraction of sp³-hybridized carbons (Fsp3) is 0.346. The van der Waals surface area contributed by atoms with E-state index in [0.29, 0.717) is 30.1 Å². The van der Waals surface area contributed by atoms with Gasteiger partial charge in [0.2, 0.25) is 0 Å². The second-order valence-corrected chi connectivity index (χ2v) is 10.7. The minimum absolute atomic E-state index is 0.193. The zero-order valence-electron chi connectivity index (χ0n) is 21.8. The number of nitrogens with one attached hydrogen (secondary N) is 2. The monoisotopic (exact) mass is 535 g/mol. The highest BCUT2D eigenvalue weighted by Gasteiger charge is 2.20. The Morgan fingerprint density at radius 3 is 2.58 bits per heavy atom. The molecule has 4 heterocycles. The molecule has 0 aliphatic rings.